The van der Waals surface area contributed by atoms with Crippen molar-refractivity contribution in [1.82, 2.24) is 15.0 Å². The quantitative estimate of drug-likeness (QED) is 0.626. The average molecular weight is 365 g/mol. The fourth-order valence-electron chi connectivity index (χ4n) is 2.60. The Morgan fingerprint density at radius 1 is 1.25 bits per heavy atom. The number of nitrogens with zero attached hydrogens (tertiary/aromatic N) is 2. The van der Waals surface area contributed by atoms with Crippen LogP contribution in [0.4, 0.5) is 5.82 Å². The molecule has 0 aliphatic rings. The topological polar surface area (TPSA) is 73.8 Å². The van der Waals surface area contributed by atoms with Crippen molar-refractivity contribution in [2.24, 2.45) is 0 Å². The average Bonchev–Trinajstić information content (AvgIpc) is 2.96. The number of H-pyrrole nitrogens is 1. The third-order valence-electron chi connectivity index (χ3n) is 3.91. The number of halogens is 2. The highest BCUT2D eigenvalue weighted by molar-refractivity contribution is 6.36. The van der Waals surface area contributed by atoms with E-state index in [0.29, 0.717) is 21.7 Å². The molecule has 2 aromatic heterocycles. The zero-order chi connectivity index (χ0) is 17.3. The van der Waals surface area contributed by atoms with Gasteiger partial charge in [0.05, 0.1) is 17.7 Å². The molecule has 1 aromatic carbocycles. The zero-order valence-corrected chi connectivity index (χ0v) is 14.9. The van der Waals surface area contributed by atoms with Crippen LogP contribution in [-0.2, 0) is 0 Å². The van der Waals surface area contributed by atoms with Gasteiger partial charge in [-0.05, 0) is 25.5 Å². The molecule has 0 saturated heterocycles. The van der Waals surface area contributed by atoms with Crippen LogP contribution in [0.15, 0.2) is 24.4 Å². The maximum atomic E-state index is 9.43. The standard InChI is InChI=1S/C17H18Cl2N4O/c1-3-11(8-24)23-17-16-15(21-9(2)22-17)13(7-20-16)12-5-4-10(18)6-14(12)19/h4-7,11,20,24H,3,8H2,1-2H3,(H,21,22,23). The van der Waals surface area contributed by atoms with E-state index < -0.39 is 0 Å². The first kappa shape index (κ1) is 17.0. The smallest absolute Gasteiger partial charge is 0.154 e. The molecule has 1 unspecified atom stereocenters. The molecule has 126 valence electrons. The van der Waals surface area contributed by atoms with Gasteiger partial charge in [0.25, 0.3) is 0 Å². The van der Waals surface area contributed by atoms with E-state index in [1.165, 1.54) is 0 Å². The highest BCUT2D eigenvalue weighted by Crippen LogP contribution is 2.35. The van der Waals surface area contributed by atoms with Gasteiger partial charge in [-0.15, -0.1) is 0 Å². The van der Waals surface area contributed by atoms with Gasteiger partial charge in [0.2, 0.25) is 0 Å². The number of aliphatic hydroxyl groups excluding tert-OH is 1. The molecule has 0 aliphatic heterocycles. The van der Waals surface area contributed by atoms with Crippen LogP contribution in [0.2, 0.25) is 10.0 Å². The molecular weight excluding hydrogens is 347 g/mol. The number of fused-ring (bicyclic) bond motifs is 1. The Labute approximate surface area is 150 Å². The van der Waals surface area contributed by atoms with Crippen LogP contribution in [-0.4, -0.2) is 32.7 Å². The first-order chi connectivity index (χ1) is 11.5. The first-order valence-corrected chi connectivity index (χ1v) is 8.47. The molecular formula is C17H18Cl2N4O. The lowest BCUT2D eigenvalue weighted by atomic mass is 10.1. The van der Waals surface area contributed by atoms with Crippen molar-refractivity contribution < 1.29 is 5.11 Å². The highest BCUT2D eigenvalue weighted by Gasteiger charge is 2.17. The summed E-state index contributed by atoms with van der Waals surface area (Å²) in [6.45, 7) is 3.88. The predicted molar refractivity (Wildman–Crippen MR) is 98.9 cm³/mol. The summed E-state index contributed by atoms with van der Waals surface area (Å²) in [6.07, 6.45) is 2.65. The predicted octanol–water partition coefficient (Wildman–Crippen LogP) is 4.42. The Balaban J connectivity index is 2.14. The summed E-state index contributed by atoms with van der Waals surface area (Å²) in [7, 11) is 0. The monoisotopic (exact) mass is 364 g/mol. The number of rotatable bonds is 5. The van der Waals surface area contributed by atoms with E-state index in [-0.39, 0.29) is 12.6 Å². The Hall–Kier alpha value is -1.82. The van der Waals surface area contributed by atoms with Gasteiger partial charge in [0.1, 0.15) is 16.9 Å². The van der Waals surface area contributed by atoms with Gasteiger partial charge in [-0.1, -0.05) is 36.2 Å². The second-order valence-corrected chi connectivity index (χ2v) is 6.45. The lowest BCUT2D eigenvalue weighted by Gasteiger charge is -2.15. The Kier molecular flexibility index (Phi) is 4.94. The third-order valence-corrected chi connectivity index (χ3v) is 4.46. The molecule has 0 amide bonds. The number of aryl methyl sites for hydroxylation is 1. The van der Waals surface area contributed by atoms with Crippen molar-refractivity contribution in [2.45, 2.75) is 26.3 Å². The first-order valence-electron chi connectivity index (χ1n) is 7.72. The van der Waals surface area contributed by atoms with Gasteiger partial charge >= 0.3 is 0 Å². The molecule has 5 nitrogen and oxygen atoms in total. The van der Waals surface area contributed by atoms with Gasteiger partial charge in [0.15, 0.2) is 5.82 Å². The summed E-state index contributed by atoms with van der Waals surface area (Å²) in [5, 5.41) is 13.8. The van der Waals surface area contributed by atoms with E-state index in [1.54, 1.807) is 12.1 Å². The second-order valence-electron chi connectivity index (χ2n) is 5.60. The summed E-state index contributed by atoms with van der Waals surface area (Å²) in [5.74, 6) is 1.32. The number of aromatic amines is 1. The van der Waals surface area contributed by atoms with E-state index >= 15 is 0 Å². The Morgan fingerprint density at radius 3 is 2.71 bits per heavy atom. The Morgan fingerprint density at radius 2 is 2.04 bits per heavy atom. The number of hydrogen-bond donors (Lipinski definition) is 3. The molecule has 0 fully saturated rings. The molecule has 0 saturated carbocycles. The largest absolute Gasteiger partial charge is 0.394 e. The maximum absolute atomic E-state index is 9.43. The Bertz CT molecular complexity index is 874. The molecule has 3 rings (SSSR count). The van der Waals surface area contributed by atoms with Crippen molar-refractivity contribution >= 4 is 40.1 Å². The number of hydrogen-bond acceptors (Lipinski definition) is 4. The number of aromatic nitrogens is 3. The SMILES string of the molecule is CCC(CO)Nc1nc(C)nc2c(-c3ccc(Cl)cc3Cl)c[nH]c12. The van der Waals surface area contributed by atoms with E-state index in [9.17, 15) is 5.11 Å². The van der Waals surface area contributed by atoms with E-state index in [1.807, 2.05) is 26.1 Å². The van der Waals surface area contributed by atoms with Gasteiger partial charge < -0.3 is 15.4 Å². The number of aliphatic hydroxyl groups is 1. The minimum atomic E-state index is -0.0617. The lowest BCUT2D eigenvalue weighted by Crippen LogP contribution is -2.23. The minimum absolute atomic E-state index is 0.0393. The van der Waals surface area contributed by atoms with Crippen molar-refractivity contribution in [3.05, 3.63) is 40.3 Å². The molecule has 0 spiro atoms. The summed E-state index contributed by atoms with van der Waals surface area (Å²) in [4.78, 5) is 12.2. The maximum Gasteiger partial charge on any atom is 0.154 e. The van der Waals surface area contributed by atoms with Crippen molar-refractivity contribution in [2.75, 3.05) is 11.9 Å². The molecule has 3 N–H and O–H groups in total. The van der Waals surface area contributed by atoms with Gasteiger partial charge in [-0.3, -0.25) is 0 Å². The van der Waals surface area contributed by atoms with Gasteiger partial charge in [0, 0.05) is 22.3 Å². The zero-order valence-electron chi connectivity index (χ0n) is 13.4. The summed E-state index contributed by atoms with van der Waals surface area (Å²) >= 11 is 12.3. The van der Waals surface area contributed by atoms with Crippen LogP contribution < -0.4 is 5.32 Å². The number of anilines is 1. The van der Waals surface area contributed by atoms with E-state index in [2.05, 4.69) is 20.3 Å². The molecule has 7 heteroatoms. The molecule has 0 bridgehead atoms. The van der Waals surface area contributed by atoms with Crippen LogP contribution in [0.3, 0.4) is 0 Å². The van der Waals surface area contributed by atoms with Crippen LogP contribution in [0, 0.1) is 6.92 Å². The highest BCUT2D eigenvalue weighted by atomic mass is 35.5. The fourth-order valence-corrected chi connectivity index (χ4v) is 3.11. The number of nitrogens with one attached hydrogen (secondary N) is 2. The van der Waals surface area contributed by atoms with E-state index in [0.717, 1.165) is 28.6 Å². The second kappa shape index (κ2) is 6.97. The van der Waals surface area contributed by atoms with Crippen LogP contribution in [0.25, 0.3) is 22.2 Å². The minimum Gasteiger partial charge on any atom is -0.394 e. The molecule has 1 atom stereocenters. The van der Waals surface area contributed by atoms with Crippen LogP contribution >= 0.6 is 23.2 Å². The van der Waals surface area contributed by atoms with E-state index in [4.69, 9.17) is 23.2 Å². The summed E-state index contributed by atoms with van der Waals surface area (Å²) < 4.78 is 0. The summed E-state index contributed by atoms with van der Waals surface area (Å²) in [6, 6.07) is 5.32. The van der Waals surface area contributed by atoms with Crippen LogP contribution in [0.5, 0.6) is 0 Å². The molecule has 0 aliphatic carbocycles. The third kappa shape index (κ3) is 3.20. The molecule has 3 aromatic rings. The van der Waals surface area contributed by atoms with Gasteiger partial charge in [-0.25, -0.2) is 9.97 Å². The van der Waals surface area contributed by atoms with Crippen molar-refractivity contribution in [3.63, 3.8) is 0 Å². The van der Waals surface area contributed by atoms with Gasteiger partial charge in [-0.2, -0.15) is 0 Å². The normalized spacial score (nSPS) is 12.5. The fraction of sp³-hybridized carbons (Fsp3) is 0.294. The van der Waals surface area contributed by atoms with Crippen molar-refractivity contribution in [1.29, 1.82) is 0 Å². The molecule has 24 heavy (non-hydrogen) atoms. The lowest BCUT2D eigenvalue weighted by molar-refractivity contribution is 0.271. The number of benzene rings is 1. The van der Waals surface area contributed by atoms with Crippen LogP contribution in [0.1, 0.15) is 19.2 Å². The molecule has 0 radical (unpaired) electrons. The molecule has 2 heterocycles. The summed E-state index contributed by atoms with van der Waals surface area (Å²) in [5.41, 5.74) is 3.30. The van der Waals surface area contributed by atoms with Crippen molar-refractivity contribution in [3.8, 4) is 11.1 Å².